The molecule has 2 N–H and O–H groups in total. The first kappa shape index (κ1) is 37.7. The summed E-state index contributed by atoms with van der Waals surface area (Å²) in [6.07, 6.45) is 19.1. The monoisotopic (exact) mass is 690 g/mol. The van der Waals surface area contributed by atoms with Crippen LogP contribution in [-0.4, -0.2) is 35.7 Å². The summed E-state index contributed by atoms with van der Waals surface area (Å²) in [5, 5.41) is 24.2. The second kappa shape index (κ2) is 19.8. The fourth-order valence-electron chi connectivity index (χ4n) is 5.85. The number of carbonyl (C=O) groups is 1. The third-order valence-corrected chi connectivity index (χ3v) is 9.48. The molecular formula is C38H50N4O6S. The number of ether oxygens (including phenoxy) is 1. The molecule has 10 nitrogen and oxygen atoms in total. The van der Waals surface area contributed by atoms with Crippen LogP contribution in [0.5, 0.6) is 17.2 Å². The maximum Gasteiger partial charge on any atom is 0.298 e. The number of anilines is 1. The van der Waals surface area contributed by atoms with Gasteiger partial charge in [-0.1, -0.05) is 127 Å². The van der Waals surface area contributed by atoms with Crippen LogP contribution in [0.2, 0.25) is 0 Å². The van der Waals surface area contributed by atoms with Crippen LogP contribution >= 0.6 is 0 Å². The predicted octanol–water partition coefficient (Wildman–Crippen LogP) is 10.5. The zero-order valence-electron chi connectivity index (χ0n) is 28.5. The lowest BCUT2D eigenvalue weighted by Gasteiger charge is -2.15. The van der Waals surface area contributed by atoms with Gasteiger partial charge in [0.2, 0.25) is 0 Å². The van der Waals surface area contributed by atoms with Crippen LogP contribution in [0.4, 0.5) is 11.4 Å². The Bertz CT molecular complexity index is 1640. The Labute approximate surface area is 291 Å². The SMILES string of the molecule is CCCCCCCCCCCCCCCCCC1=NN(c2ccc(Oc3ccccc3)c(S(=O)(=O)O)c2)C(=O)[C@H]1N=Nc1ccccc1O. The summed E-state index contributed by atoms with van der Waals surface area (Å²) in [7, 11) is -4.72. The molecule has 1 aliphatic heterocycles. The van der Waals surface area contributed by atoms with E-state index in [9.17, 15) is 22.9 Å². The number of unbranched alkanes of at least 4 members (excludes halogenated alkanes) is 14. The van der Waals surface area contributed by atoms with Gasteiger partial charge in [-0.15, -0.1) is 0 Å². The van der Waals surface area contributed by atoms with Crippen molar-refractivity contribution in [2.45, 2.75) is 121 Å². The van der Waals surface area contributed by atoms with E-state index in [-0.39, 0.29) is 22.9 Å². The molecule has 1 aliphatic rings. The van der Waals surface area contributed by atoms with Crippen LogP contribution in [0.3, 0.4) is 0 Å². The molecule has 3 aromatic rings. The zero-order valence-corrected chi connectivity index (χ0v) is 29.4. The second-order valence-corrected chi connectivity index (χ2v) is 14.0. The standard InChI is InChI=1S/C38H50N4O6S/c1-2-3-4-5-6-7-8-9-10-11-12-13-14-15-19-25-33-37(40-39-32-24-20-21-26-34(32)43)38(44)42(41-33)30-27-28-35(36(29-30)49(45,46)47)48-31-22-17-16-18-23-31/h16-18,20-24,26-29,37,43H,2-15,19,25H2,1H3,(H,45,46,47)/t37-/m0/s1. The van der Waals surface area contributed by atoms with Crippen molar-refractivity contribution in [3.05, 3.63) is 72.8 Å². The predicted molar refractivity (Wildman–Crippen MR) is 194 cm³/mol. The Morgan fingerprint density at radius 3 is 1.94 bits per heavy atom. The molecule has 11 heteroatoms. The minimum absolute atomic E-state index is 0.0683. The van der Waals surface area contributed by atoms with Gasteiger partial charge in [0.05, 0.1) is 11.4 Å². The summed E-state index contributed by atoms with van der Waals surface area (Å²) in [4.78, 5) is 13.2. The summed E-state index contributed by atoms with van der Waals surface area (Å²) in [5.41, 5.74) is 0.848. The van der Waals surface area contributed by atoms with Gasteiger partial charge in [-0.25, -0.2) is 0 Å². The number of para-hydroxylation sites is 2. The molecule has 0 aliphatic carbocycles. The Kier molecular flexibility index (Phi) is 15.2. The number of hydrazone groups is 1. The second-order valence-electron chi connectivity index (χ2n) is 12.6. The number of aromatic hydroxyl groups is 1. The highest BCUT2D eigenvalue weighted by Crippen LogP contribution is 2.35. The van der Waals surface area contributed by atoms with E-state index in [1.165, 1.54) is 95.2 Å². The normalized spacial score (nSPS) is 14.9. The van der Waals surface area contributed by atoms with E-state index < -0.39 is 27.0 Å². The smallest absolute Gasteiger partial charge is 0.298 e. The molecule has 0 saturated heterocycles. The summed E-state index contributed by atoms with van der Waals surface area (Å²) in [6, 6.07) is 18.0. The van der Waals surface area contributed by atoms with Crippen molar-refractivity contribution in [2.75, 3.05) is 5.01 Å². The van der Waals surface area contributed by atoms with Crippen LogP contribution in [0, 0.1) is 0 Å². The molecule has 0 bridgehead atoms. The third-order valence-electron chi connectivity index (χ3n) is 8.61. The maximum atomic E-state index is 13.7. The number of azo groups is 1. The summed E-state index contributed by atoms with van der Waals surface area (Å²) in [5.74, 6) is -0.304. The Hall–Kier alpha value is -4.09. The Morgan fingerprint density at radius 1 is 0.776 bits per heavy atom. The molecule has 0 saturated carbocycles. The van der Waals surface area contributed by atoms with E-state index in [0.29, 0.717) is 17.9 Å². The molecule has 0 fully saturated rings. The van der Waals surface area contributed by atoms with E-state index in [2.05, 4.69) is 22.3 Å². The van der Waals surface area contributed by atoms with Gasteiger partial charge in [-0.05, 0) is 55.3 Å². The van der Waals surface area contributed by atoms with Crippen molar-refractivity contribution in [1.29, 1.82) is 0 Å². The molecule has 1 heterocycles. The fraction of sp³-hybridized carbons (Fsp3) is 0.474. The molecule has 1 atom stereocenters. The quantitative estimate of drug-likeness (QED) is 0.0610. The molecular weight excluding hydrogens is 641 g/mol. The van der Waals surface area contributed by atoms with Crippen molar-refractivity contribution in [3.8, 4) is 17.2 Å². The van der Waals surface area contributed by atoms with Gasteiger partial charge in [-0.3, -0.25) is 9.35 Å². The van der Waals surface area contributed by atoms with E-state index in [0.717, 1.165) is 30.3 Å². The highest BCUT2D eigenvalue weighted by molar-refractivity contribution is 7.86. The van der Waals surface area contributed by atoms with Crippen LogP contribution in [0.1, 0.15) is 110 Å². The van der Waals surface area contributed by atoms with Crippen LogP contribution in [-0.2, 0) is 14.9 Å². The van der Waals surface area contributed by atoms with E-state index >= 15 is 0 Å². The molecule has 0 aromatic heterocycles. The van der Waals surface area contributed by atoms with Crippen molar-refractivity contribution in [3.63, 3.8) is 0 Å². The molecule has 4 rings (SSSR count). The lowest BCUT2D eigenvalue weighted by atomic mass is 10.0. The average Bonchev–Trinajstić information content (AvgIpc) is 3.40. The van der Waals surface area contributed by atoms with Crippen LogP contribution < -0.4 is 9.75 Å². The van der Waals surface area contributed by atoms with Crippen molar-refractivity contribution >= 4 is 33.1 Å². The van der Waals surface area contributed by atoms with Crippen molar-refractivity contribution in [2.24, 2.45) is 15.3 Å². The molecule has 0 spiro atoms. The lowest BCUT2D eigenvalue weighted by Crippen LogP contribution is -2.30. The number of phenolic OH excluding ortho intramolecular Hbond substituents is 1. The first-order valence-electron chi connectivity index (χ1n) is 17.7. The average molecular weight is 691 g/mol. The minimum Gasteiger partial charge on any atom is -0.506 e. The topological polar surface area (TPSA) is 141 Å². The zero-order chi connectivity index (χ0) is 34.9. The van der Waals surface area contributed by atoms with Gasteiger partial charge in [0.25, 0.3) is 16.0 Å². The lowest BCUT2D eigenvalue weighted by molar-refractivity contribution is -0.117. The summed E-state index contributed by atoms with van der Waals surface area (Å²) >= 11 is 0. The maximum absolute atomic E-state index is 13.7. The largest absolute Gasteiger partial charge is 0.506 e. The molecule has 1 amide bonds. The Balaban J connectivity index is 1.36. The van der Waals surface area contributed by atoms with Gasteiger partial charge in [0.1, 0.15) is 27.8 Å². The molecule has 264 valence electrons. The van der Waals surface area contributed by atoms with Crippen molar-refractivity contribution < 1.29 is 27.6 Å². The molecule has 49 heavy (non-hydrogen) atoms. The highest BCUT2D eigenvalue weighted by Gasteiger charge is 2.37. The van der Waals surface area contributed by atoms with Crippen LogP contribution in [0.15, 0.2) is 93.0 Å². The van der Waals surface area contributed by atoms with Gasteiger partial charge in [0.15, 0.2) is 6.04 Å². The number of phenols is 1. The van der Waals surface area contributed by atoms with E-state index in [1.54, 1.807) is 48.5 Å². The number of nitrogens with zero attached hydrogens (tertiary/aromatic N) is 4. The first-order chi connectivity index (χ1) is 23.8. The third kappa shape index (κ3) is 12.1. The fourth-order valence-corrected chi connectivity index (χ4v) is 6.49. The number of hydrogen-bond donors (Lipinski definition) is 2. The van der Waals surface area contributed by atoms with Gasteiger partial charge in [-0.2, -0.15) is 28.8 Å². The summed E-state index contributed by atoms with van der Waals surface area (Å²) in [6.45, 7) is 2.25. The van der Waals surface area contributed by atoms with Crippen LogP contribution in [0.25, 0.3) is 0 Å². The number of hydrogen-bond acceptors (Lipinski definition) is 8. The van der Waals surface area contributed by atoms with Crippen molar-refractivity contribution in [1.82, 2.24) is 0 Å². The molecule has 0 radical (unpaired) electrons. The van der Waals surface area contributed by atoms with Gasteiger partial charge in [0, 0.05) is 0 Å². The first-order valence-corrected chi connectivity index (χ1v) is 19.2. The summed E-state index contributed by atoms with van der Waals surface area (Å²) < 4.78 is 40.5. The number of amides is 1. The molecule has 0 unspecified atom stereocenters. The van der Waals surface area contributed by atoms with Gasteiger partial charge < -0.3 is 9.84 Å². The molecule has 3 aromatic carbocycles. The number of carbonyl (C=O) groups excluding carboxylic acids is 1. The van der Waals surface area contributed by atoms with E-state index in [4.69, 9.17) is 4.74 Å². The van der Waals surface area contributed by atoms with Gasteiger partial charge >= 0.3 is 0 Å². The highest BCUT2D eigenvalue weighted by atomic mass is 32.2. The van der Waals surface area contributed by atoms with E-state index in [1.807, 2.05) is 0 Å². The number of rotatable bonds is 22. The number of benzene rings is 3. The minimum atomic E-state index is -4.72. The Morgan fingerprint density at radius 2 is 1.35 bits per heavy atom.